The average molecular weight is 206 g/mol. The van der Waals surface area contributed by atoms with E-state index in [0.29, 0.717) is 6.04 Å². The minimum atomic E-state index is 0.632. The van der Waals surface area contributed by atoms with Crippen LogP contribution in [-0.4, -0.2) is 22.6 Å². The minimum absolute atomic E-state index is 0.632. The largest absolute Gasteiger partial charge is 0.370 e. The number of aromatic nitrogens is 2. The van der Waals surface area contributed by atoms with E-state index in [-0.39, 0.29) is 0 Å². The molecule has 0 bridgehead atoms. The number of hydrogen-bond donors (Lipinski definition) is 2. The summed E-state index contributed by atoms with van der Waals surface area (Å²) in [5, 5.41) is 6.69. The topological polar surface area (TPSA) is 49.8 Å². The van der Waals surface area contributed by atoms with Crippen LogP contribution in [0.3, 0.4) is 0 Å². The second-order valence-corrected chi connectivity index (χ2v) is 4.04. The van der Waals surface area contributed by atoms with E-state index in [9.17, 15) is 0 Å². The van der Waals surface area contributed by atoms with Gasteiger partial charge >= 0.3 is 0 Å². The Kier molecular flexibility index (Phi) is 2.75. The number of hydrogen-bond acceptors (Lipinski definition) is 4. The van der Waals surface area contributed by atoms with Crippen molar-refractivity contribution >= 4 is 11.6 Å². The summed E-state index contributed by atoms with van der Waals surface area (Å²) in [6.45, 7) is 6.95. The van der Waals surface area contributed by atoms with E-state index >= 15 is 0 Å². The zero-order chi connectivity index (χ0) is 10.8. The molecule has 0 unspecified atom stereocenters. The van der Waals surface area contributed by atoms with Gasteiger partial charge in [-0.3, -0.25) is 0 Å². The van der Waals surface area contributed by atoms with Gasteiger partial charge in [-0.05, 0) is 33.6 Å². The van der Waals surface area contributed by atoms with Crippen LogP contribution in [0.5, 0.6) is 0 Å². The lowest BCUT2D eigenvalue weighted by atomic mass is 10.3. The van der Waals surface area contributed by atoms with Gasteiger partial charge in [0.15, 0.2) is 0 Å². The lowest BCUT2D eigenvalue weighted by Crippen LogP contribution is -2.10. The van der Waals surface area contributed by atoms with Crippen molar-refractivity contribution in [2.24, 2.45) is 0 Å². The van der Waals surface area contributed by atoms with Crippen LogP contribution >= 0.6 is 0 Å². The Morgan fingerprint density at radius 2 is 1.87 bits per heavy atom. The summed E-state index contributed by atoms with van der Waals surface area (Å²) in [6, 6.07) is 0.632. The van der Waals surface area contributed by atoms with Crippen molar-refractivity contribution < 1.29 is 0 Å². The number of nitrogens with zero attached hydrogens (tertiary/aromatic N) is 2. The van der Waals surface area contributed by atoms with Crippen LogP contribution in [0.15, 0.2) is 0 Å². The summed E-state index contributed by atoms with van der Waals surface area (Å²) < 4.78 is 0. The molecule has 15 heavy (non-hydrogen) atoms. The molecule has 1 aliphatic rings. The smallest absolute Gasteiger partial charge is 0.134 e. The number of aryl methyl sites for hydroxylation is 1. The Bertz CT molecular complexity index is 358. The summed E-state index contributed by atoms with van der Waals surface area (Å²) in [7, 11) is 0. The van der Waals surface area contributed by atoms with E-state index in [2.05, 4.69) is 34.4 Å². The van der Waals surface area contributed by atoms with Gasteiger partial charge in [0.05, 0.1) is 0 Å². The third-order valence-corrected chi connectivity index (χ3v) is 2.52. The third-order valence-electron chi connectivity index (χ3n) is 2.52. The van der Waals surface area contributed by atoms with E-state index in [1.165, 1.54) is 12.8 Å². The summed E-state index contributed by atoms with van der Waals surface area (Å²) in [4.78, 5) is 8.82. The fourth-order valence-corrected chi connectivity index (χ4v) is 1.53. The zero-order valence-corrected chi connectivity index (χ0v) is 9.59. The maximum Gasteiger partial charge on any atom is 0.134 e. The molecule has 0 saturated heterocycles. The lowest BCUT2D eigenvalue weighted by molar-refractivity contribution is 0.992. The predicted octanol–water partition coefficient (Wildman–Crippen LogP) is 2.10. The molecular weight excluding hydrogens is 188 g/mol. The Morgan fingerprint density at radius 3 is 2.47 bits per heavy atom. The van der Waals surface area contributed by atoms with Crippen molar-refractivity contribution in [2.45, 2.75) is 39.7 Å². The molecule has 1 fully saturated rings. The maximum atomic E-state index is 4.43. The van der Waals surface area contributed by atoms with Gasteiger partial charge in [0, 0.05) is 18.2 Å². The van der Waals surface area contributed by atoms with Gasteiger partial charge in [-0.1, -0.05) is 0 Å². The fourth-order valence-electron chi connectivity index (χ4n) is 1.53. The summed E-state index contributed by atoms with van der Waals surface area (Å²) in [5.41, 5.74) is 1.12. The van der Waals surface area contributed by atoms with Crippen molar-refractivity contribution in [3.63, 3.8) is 0 Å². The number of anilines is 2. The van der Waals surface area contributed by atoms with Crippen LogP contribution in [0.4, 0.5) is 11.6 Å². The molecule has 4 heteroatoms. The first-order valence-corrected chi connectivity index (χ1v) is 5.56. The summed E-state index contributed by atoms with van der Waals surface area (Å²) in [5.74, 6) is 2.76. The minimum Gasteiger partial charge on any atom is -0.370 e. The van der Waals surface area contributed by atoms with Crippen LogP contribution in [0, 0.1) is 13.8 Å². The summed E-state index contributed by atoms with van der Waals surface area (Å²) >= 11 is 0. The molecule has 82 valence electrons. The molecule has 1 saturated carbocycles. The van der Waals surface area contributed by atoms with Crippen LogP contribution < -0.4 is 10.6 Å². The molecule has 0 aromatic carbocycles. The van der Waals surface area contributed by atoms with Gasteiger partial charge in [0.1, 0.15) is 17.5 Å². The van der Waals surface area contributed by atoms with Crippen molar-refractivity contribution in [1.29, 1.82) is 0 Å². The maximum absolute atomic E-state index is 4.43. The van der Waals surface area contributed by atoms with Crippen LogP contribution in [0.2, 0.25) is 0 Å². The molecule has 1 aliphatic carbocycles. The molecule has 2 rings (SSSR count). The Hall–Kier alpha value is -1.32. The molecule has 0 atom stereocenters. The first kappa shape index (κ1) is 10.2. The Morgan fingerprint density at radius 1 is 1.20 bits per heavy atom. The second kappa shape index (κ2) is 4.04. The molecule has 1 aromatic rings. The van der Waals surface area contributed by atoms with Gasteiger partial charge in [-0.25, -0.2) is 9.97 Å². The van der Waals surface area contributed by atoms with E-state index in [0.717, 1.165) is 29.6 Å². The Labute approximate surface area is 90.5 Å². The van der Waals surface area contributed by atoms with Crippen LogP contribution in [0.1, 0.15) is 31.2 Å². The lowest BCUT2D eigenvalue weighted by Gasteiger charge is -2.12. The molecule has 2 N–H and O–H groups in total. The van der Waals surface area contributed by atoms with Crippen molar-refractivity contribution in [3.8, 4) is 0 Å². The van der Waals surface area contributed by atoms with Crippen molar-refractivity contribution in [1.82, 2.24) is 9.97 Å². The molecule has 0 radical (unpaired) electrons. The Balaban J connectivity index is 2.26. The average Bonchev–Trinajstić information content (AvgIpc) is 2.97. The van der Waals surface area contributed by atoms with E-state index in [4.69, 9.17) is 0 Å². The van der Waals surface area contributed by atoms with E-state index in [1.54, 1.807) is 0 Å². The molecule has 0 aliphatic heterocycles. The van der Waals surface area contributed by atoms with Crippen LogP contribution in [-0.2, 0) is 0 Å². The predicted molar refractivity (Wildman–Crippen MR) is 62.3 cm³/mol. The molecule has 4 nitrogen and oxygen atoms in total. The van der Waals surface area contributed by atoms with Gasteiger partial charge in [-0.15, -0.1) is 0 Å². The number of rotatable bonds is 4. The van der Waals surface area contributed by atoms with Crippen molar-refractivity contribution in [2.75, 3.05) is 17.2 Å². The monoisotopic (exact) mass is 206 g/mol. The molecule has 1 aromatic heterocycles. The first-order chi connectivity index (χ1) is 7.20. The molecule has 1 heterocycles. The highest BCUT2D eigenvalue weighted by atomic mass is 15.1. The van der Waals surface area contributed by atoms with Gasteiger partial charge in [0.2, 0.25) is 0 Å². The molecular formula is C11H18N4. The van der Waals surface area contributed by atoms with Crippen LogP contribution in [0.25, 0.3) is 0 Å². The highest BCUT2D eigenvalue weighted by Gasteiger charge is 2.22. The normalized spacial score (nSPS) is 15.1. The van der Waals surface area contributed by atoms with Gasteiger partial charge in [0.25, 0.3) is 0 Å². The van der Waals surface area contributed by atoms with E-state index in [1.807, 2.05) is 6.92 Å². The van der Waals surface area contributed by atoms with Gasteiger partial charge < -0.3 is 10.6 Å². The van der Waals surface area contributed by atoms with E-state index < -0.39 is 0 Å². The molecule has 0 spiro atoms. The molecule has 0 amide bonds. The quantitative estimate of drug-likeness (QED) is 0.792. The standard InChI is InChI=1S/C11H18N4/c1-4-12-10-7(2)11(14-8(3)13-10)15-9-5-6-9/h9H,4-6H2,1-3H3,(H2,12,13,14,15). The number of nitrogens with one attached hydrogen (secondary N) is 2. The zero-order valence-electron chi connectivity index (χ0n) is 9.59. The highest BCUT2D eigenvalue weighted by Crippen LogP contribution is 2.27. The van der Waals surface area contributed by atoms with Gasteiger partial charge in [-0.2, -0.15) is 0 Å². The summed E-state index contributed by atoms with van der Waals surface area (Å²) in [6.07, 6.45) is 2.53. The third kappa shape index (κ3) is 2.37. The van der Waals surface area contributed by atoms with Crippen molar-refractivity contribution in [3.05, 3.63) is 11.4 Å². The SMILES string of the molecule is CCNc1nc(C)nc(NC2CC2)c1C. The highest BCUT2D eigenvalue weighted by molar-refractivity contribution is 5.57. The fraction of sp³-hybridized carbons (Fsp3) is 0.636. The first-order valence-electron chi connectivity index (χ1n) is 5.56. The second-order valence-electron chi connectivity index (χ2n) is 4.04.